The summed E-state index contributed by atoms with van der Waals surface area (Å²) in [6.45, 7) is 6.49. The number of carboxylic acid groups (broad SMARTS) is 1. The lowest BCUT2D eigenvalue weighted by molar-refractivity contribution is -0.138. The summed E-state index contributed by atoms with van der Waals surface area (Å²) in [7, 11) is 0. The Labute approximate surface area is 94.6 Å². The molecule has 0 aromatic rings. The van der Waals surface area contributed by atoms with Gasteiger partial charge in [-0.15, -0.1) is 0 Å². The van der Waals surface area contributed by atoms with Crippen LogP contribution in [-0.2, 0) is 9.53 Å². The van der Waals surface area contributed by atoms with Gasteiger partial charge in [0.25, 0.3) is 0 Å². The fourth-order valence-electron chi connectivity index (χ4n) is 0.989. The van der Waals surface area contributed by atoms with Gasteiger partial charge in [0, 0.05) is 0 Å². The van der Waals surface area contributed by atoms with Crippen LogP contribution in [0.3, 0.4) is 0 Å². The van der Waals surface area contributed by atoms with Crippen molar-refractivity contribution in [2.45, 2.75) is 51.9 Å². The van der Waals surface area contributed by atoms with E-state index >= 15 is 0 Å². The molecule has 0 fully saturated rings. The number of aliphatic carboxylic acids is 1. The van der Waals surface area contributed by atoms with Gasteiger partial charge in [-0.3, -0.25) is 4.79 Å². The molecule has 0 saturated heterocycles. The summed E-state index contributed by atoms with van der Waals surface area (Å²) in [6.07, 6.45) is -2.04. The smallest absolute Gasteiger partial charge is 0.407 e. The first-order valence-corrected chi connectivity index (χ1v) is 5.01. The molecule has 0 aliphatic heterocycles. The van der Waals surface area contributed by atoms with Gasteiger partial charge in [0.1, 0.15) is 5.60 Å². The lowest BCUT2D eigenvalue weighted by Gasteiger charge is -2.24. The van der Waals surface area contributed by atoms with Crippen molar-refractivity contribution in [3.63, 3.8) is 0 Å². The van der Waals surface area contributed by atoms with E-state index in [0.29, 0.717) is 0 Å². The number of ether oxygens (including phenoxy) is 1. The van der Waals surface area contributed by atoms with Crippen LogP contribution in [0.25, 0.3) is 0 Å². The Kier molecular flexibility index (Phi) is 5.23. The number of carbonyl (C=O) groups excluding carboxylic acids is 1. The summed E-state index contributed by atoms with van der Waals surface area (Å²) in [6, 6.07) is -0.854. The number of rotatable bonds is 4. The van der Waals surface area contributed by atoms with Crippen LogP contribution in [0, 0.1) is 0 Å². The molecule has 1 amide bonds. The maximum Gasteiger partial charge on any atom is 0.407 e. The summed E-state index contributed by atoms with van der Waals surface area (Å²) in [5, 5.41) is 20.2. The van der Waals surface area contributed by atoms with Gasteiger partial charge in [-0.25, -0.2) is 4.79 Å². The first-order chi connectivity index (χ1) is 7.11. The maximum atomic E-state index is 11.3. The predicted octanol–water partition coefficient (Wildman–Crippen LogP) is 0.735. The molecular formula is C10H19NO5. The molecule has 0 rings (SSSR count). The van der Waals surface area contributed by atoms with Crippen molar-refractivity contribution < 1.29 is 24.5 Å². The molecule has 0 radical (unpaired) electrons. The average Bonchev–Trinajstić information content (AvgIpc) is 1.97. The Morgan fingerprint density at radius 3 is 2.19 bits per heavy atom. The summed E-state index contributed by atoms with van der Waals surface area (Å²) >= 11 is 0. The maximum absolute atomic E-state index is 11.3. The van der Waals surface area contributed by atoms with Crippen LogP contribution in [0.2, 0.25) is 0 Å². The number of hydrogen-bond donors (Lipinski definition) is 3. The van der Waals surface area contributed by atoms with Crippen molar-refractivity contribution in [2.75, 3.05) is 0 Å². The van der Waals surface area contributed by atoms with Crippen LogP contribution < -0.4 is 5.32 Å². The highest BCUT2D eigenvalue weighted by Crippen LogP contribution is 2.08. The second kappa shape index (κ2) is 5.69. The number of nitrogens with one attached hydrogen (secondary N) is 1. The second-order valence-electron chi connectivity index (χ2n) is 4.59. The molecule has 0 heterocycles. The van der Waals surface area contributed by atoms with Crippen molar-refractivity contribution in [1.82, 2.24) is 5.32 Å². The molecular weight excluding hydrogens is 214 g/mol. The van der Waals surface area contributed by atoms with Gasteiger partial charge >= 0.3 is 12.1 Å². The lowest BCUT2D eigenvalue weighted by atomic mass is 10.1. The van der Waals surface area contributed by atoms with Crippen LogP contribution in [0.4, 0.5) is 4.79 Å². The van der Waals surface area contributed by atoms with E-state index in [1.165, 1.54) is 6.92 Å². The molecule has 16 heavy (non-hydrogen) atoms. The topological polar surface area (TPSA) is 95.9 Å². The van der Waals surface area contributed by atoms with Gasteiger partial charge in [-0.1, -0.05) is 0 Å². The van der Waals surface area contributed by atoms with Gasteiger partial charge < -0.3 is 20.3 Å². The molecule has 6 heteroatoms. The highest BCUT2D eigenvalue weighted by molar-refractivity contribution is 5.71. The summed E-state index contributed by atoms with van der Waals surface area (Å²) < 4.78 is 4.95. The van der Waals surface area contributed by atoms with Gasteiger partial charge in [0.2, 0.25) is 0 Å². The molecule has 6 nitrogen and oxygen atoms in total. The number of alkyl carbamates (subject to hydrolysis) is 1. The van der Waals surface area contributed by atoms with E-state index in [-0.39, 0.29) is 6.42 Å². The SMILES string of the molecule is CC(O)[C@H](CC(=O)O)NC(=O)OC(C)(C)C. The average molecular weight is 233 g/mol. The quantitative estimate of drug-likeness (QED) is 0.665. The Hall–Kier alpha value is -1.30. The van der Waals surface area contributed by atoms with Crippen LogP contribution in [0.1, 0.15) is 34.1 Å². The first-order valence-electron chi connectivity index (χ1n) is 5.01. The molecule has 0 aromatic carbocycles. The van der Waals surface area contributed by atoms with E-state index in [9.17, 15) is 14.7 Å². The monoisotopic (exact) mass is 233 g/mol. The van der Waals surface area contributed by atoms with Crippen LogP contribution in [0.15, 0.2) is 0 Å². The molecule has 2 atom stereocenters. The number of aliphatic hydroxyl groups is 1. The Bertz CT molecular complexity index is 256. The molecule has 0 spiro atoms. The fraction of sp³-hybridized carbons (Fsp3) is 0.800. The predicted molar refractivity (Wildman–Crippen MR) is 57.1 cm³/mol. The number of carboxylic acids is 1. The van der Waals surface area contributed by atoms with Gasteiger partial charge in [0.05, 0.1) is 18.6 Å². The molecule has 0 aliphatic carbocycles. The third kappa shape index (κ3) is 7.05. The summed E-state index contributed by atoms with van der Waals surface area (Å²) in [4.78, 5) is 21.8. The zero-order valence-corrected chi connectivity index (χ0v) is 9.98. The zero-order valence-electron chi connectivity index (χ0n) is 9.98. The Morgan fingerprint density at radius 1 is 1.38 bits per heavy atom. The minimum Gasteiger partial charge on any atom is -0.481 e. The van der Waals surface area contributed by atoms with E-state index in [4.69, 9.17) is 9.84 Å². The first kappa shape index (κ1) is 14.7. The van der Waals surface area contributed by atoms with Gasteiger partial charge in [-0.05, 0) is 27.7 Å². The van der Waals surface area contributed by atoms with Crippen LogP contribution in [0.5, 0.6) is 0 Å². The molecule has 0 bridgehead atoms. The van der Waals surface area contributed by atoms with Gasteiger partial charge in [-0.2, -0.15) is 0 Å². The third-order valence-corrected chi connectivity index (χ3v) is 1.68. The highest BCUT2D eigenvalue weighted by Gasteiger charge is 2.24. The minimum absolute atomic E-state index is 0.350. The fourth-order valence-corrected chi connectivity index (χ4v) is 0.989. The van der Waals surface area contributed by atoms with Gasteiger partial charge in [0.15, 0.2) is 0 Å². The van der Waals surface area contributed by atoms with E-state index in [2.05, 4.69) is 5.32 Å². The molecule has 0 aliphatic rings. The standard InChI is InChI=1S/C10H19NO5/c1-6(12)7(5-8(13)14)11-9(15)16-10(2,3)4/h6-7,12H,5H2,1-4H3,(H,11,15)(H,13,14)/t6?,7-/m0/s1. The van der Waals surface area contributed by atoms with Crippen LogP contribution >= 0.6 is 0 Å². The normalized spacial score (nSPS) is 15.1. The Morgan fingerprint density at radius 2 is 1.88 bits per heavy atom. The Balaban J connectivity index is 4.30. The number of carbonyl (C=O) groups is 2. The molecule has 1 unspecified atom stereocenters. The molecule has 94 valence electrons. The van der Waals surface area contributed by atoms with E-state index in [0.717, 1.165) is 0 Å². The van der Waals surface area contributed by atoms with E-state index in [1.54, 1.807) is 20.8 Å². The van der Waals surface area contributed by atoms with Crippen molar-refractivity contribution in [1.29, 1.82) is 0 Å². The summed E-state index contributed by atoms with van der Waals surface area (Å²) in [5.41, 5.74) is -0.656. The second-order valence-corrected chi connectivity index (χ2v) is 4.59. The molecule has 3 N–H and O–H groups in total. The van der Waals surface area contributed by atoms with E-state index < -0.39 is 29.8 Å². The number of amides is 1. The van der Waals surface area contributed by atoms with Crippen molar-refractivity contribution >= 4 is 12.1 Å². The lowest BCUT2D eigenvalue weighted by Crippen LogP contribution is -2.45. The number of hydrogen-bond acceptors (Lipinski definition) is 4. The minimum atomic E-state index is -1.10. The van der Waals surface area contributed by atoms with Crippen LogP contribution in [-0.4, -0.2) is 40.0 Å². The molecule has 0 saturated carbocycles. The zero-order chi connectivity index (χ0) is 12.9. The largest absolute Gasteiger partial charge is 0.481 e. The van der Waals surface area contributed by atoms with Crippen molar-refractivity contribution in [3.8, 4) is 0 Å². The third-order valence-electron chi connectivity index (χ3n) is 1.68. The van der Waals surface area contributed by atoms with Crippen molar-refractivity contribution in [3.05, 3.63) is 0 Å². The number of aliphatic hydroxyl groups excluding tert-OH is 1. The summed E-state index contributed by atoms with van der Waals surface area (Å²) in [5.74, 6) is -1.10. The highest BCUT2D eigenvalue weighted by atomic mass is 16.6. The van der Waals surface area contributed by atoms with Crippen molar-refractivity contribution in [2.24, 2.45) is 0 Å². The molecule has 0 aromatic heterocycles. The van der Waals surface area contributed by atoms with E-state index in [1.807, 2.05) is 0 Å².